The molecule has 1 aromatic rings. The highest BCUT2D eigenvalue weighted by Crippen LogP contribution is 2.31. The minimum atomic E-state index is -0.847. The topological polar surface area (TPSA) is 146 Å². The summed E-state index contributed by atoms with van der Waals surface area (Å²) in [5, 5.41) is 32.4. The molecular formula is C12H23N9O. The van der Waals surface area contributed by atoms with Gasteiger partial charge in [0.15, 0.2) is 11.5 Å². The lowest BCUT2D eigenvalue weighted by Crippen LogP contribution is -2.58. The van der Waals surface area contributed by atoms with Gasteiger partial charge in [0.25, 0.3) is 0 Å². The number of rotatable bonds is 8. The van der Waals surface area contributed by atoms with Crippen molar-refractivity contribution in [2.45, 2.75) is 64.6 Å². The van der Waals surface area contributed by atoms with Gasteiger partial charge in [-0.15, -0.1) is 15.3 Å². The number of hydrogen-bond donors (Lipinski definition) is 3. The van der Waals surface area contributed by atoms with Gasteiger partial charge in [0.1, 0.15) is 0 Å². The fraction of sp³-hybridized carbons (Fsp3) is 0.833. The molecule has 0 amide bonds. The fourth-order valence-corrected chi connectivity index (χ4v) is 2.39. The summed E-state index contributed by atoms with van der Waals surface area (Å²) in [5.41, 5.74) is 5.46. The molecule has 0 saturated carbocycles. The van der Waals surface area contributed by atoms with E-state index in [0.29, 0.717) is 31.5 Å². The maximum atomic E-state index is 7.54. The number of aromatic nitrogens is 5. The van der Waals surface area contributed by atoms with Gasteiger partial charge in [0.05, 0.1) is 5.54 Å². The average molecular weight is 309 g/mol. The van der Waals surface area contributed by atoms with Crippen LogP contribution in [0, 0.1) is 10.9 Å². The summed E-state index contributed by atoms with van der Waals surface area (Å²) in [4.78, 5) is 0. The van der Waals surface area contributed by atoms with E-state index in [2.05, 4.69) is 36.3 Å². The van der Waals surface area contributed by atoms with Crippen LogP contribution in [0.4, 0.5) is 0 Å². The summed E-state index contributed by atoms with van der Waals surface area (Å²) in [6, 6.07) is -0.441. The molecule has 0 radical (unpaired) electrons. The van der Waals surface area contributed by atoms with Gasteiger partial charge in [-0.25, -0.2) is 5.41 Å². The number of nitrogens with zero attached hydrogens (tertiary/aromatic N) is 6. The van der Waals surface area contributed by atoms with Crippen LogP contribution in [0.25, 0.3) is 0 Å². The Morgan fingerprint density at radius 2 is 1.59 bits per heavy atom. The van der Waals surface area contributed by atoms with Gasteiger partial charge in [-0.2, -0.15) is 5.53 Å². The summed E-state index contributed by atoms with van der Waals surface area (Å²) >= 11 is 0. The fourth-order valence-electron chi connectivity index (χ4n) is 2.39. The first-order valence-electron chi connectivity index (χ1n) is 7.35. The molecule has 122 valence electrons. The van der Waals surface area contributed by atoms with E-state index in [1.165, 1.54) is 0 Å². The van der Waals surface area contributed by atoms with Crippen molar-refractivity contribution in [3.63, 3.8) is 0 Å². The van der Waals surface area contributed by atoms with Crippen molar-refractivity contribution in [3.05, 3.63) is 5.82 Å². The molecule has 10 heteroatoms. The Kier molecular flexibility index (Phi) is 6.35. The minimum Gasteiger partial charge on any atom is -0.441 e. The maximum absolute atomic E-state index is 7.54. The quantitative estimate of drug-likeness (QED) is 0.287. The second kappa shape index (κ2) is 7.78. The van der Waals surface area contributed by atoms with E-state index in [9.17, 15) is 0 Å². The van der Waals surface area contributed by atoms with Crippen LogP contribution < -0.4 is 5.32 Å². The summed E-state index contributed by atoms with van der Waals surface area (Å²) in [6.45, 7) is 7.87. The molecule has 0 aromatic carbocycles. The summed E-state index contributed by atoms with van der Waals surface area (Å²) < 4.78 is 5.57. The highest BCUT2D eigenvalue weighted by molar-refractivity contribution is 5.70. The third kappa shape index (κ3) is 3.75. The molecule has 0 aliphatic heterocycles. The highest BCUT2D eigenvalue weighted by atomic mass is 16.5. The SMILES string of the molecule is CCC(CC)(NC(CC)(CC)c1nnnnn1)OC(=N)N=N. The van der Waals surface area contributed by atoms with E-state index in [1.54, 1.807) is 0 Å². The average Bonchev–Trinajstić information content (AvgIpc) is 2.59. The lowest BCUT2D eigenvalue weighted by molar-refractivity contribution is -0.0288. The van der Waals surface area contributed by atoms with Crippen LogP contribution in [-0.2, 0) is 10.3 Å². The van der Waals surface area contributed by atoms with E-state index >= 15 is 0 Å². The van der Waals surface area contributed by atoms with Crippen LogP contribution in [0.2, 0.25) is 0 Å². The van der Waals surface area contributed by atoms with Crippen molar-refractivity contribution in [2.24, 2.45) is 5.11 Å². The smallest absolute Gasteiger partial charge is 0.329 e. The number of hydrogen-bond acceptors (Lipinski definition) is 9. The zero-order chi connectivity index (χ0) is 16.6. The number of amidine groups is 1. The van der Waals surface area contributed by atoms with Crippen LogP contribution >= 0.6 is 0 Å². The first-order valence-corrected chi connectivity index (χ1v) is 7.35. The zero-order valence-electron chi connectivity index (χ0n) is 13.4. The third-order valence-corrected chi connectivity index (χ3v) is 4.00. The molecule has 0 atom stereocenters. The summed E-state index contributed by atoms with van der Waals surface area (Å²) in [5.74, 6) is 0.428. The Bertz CT molecular complexity index is 485. The predicted octanol–water partition coefficient (Wildman–Crippen LogP) is 1.77. The molecule has 10 nitrogen and oxygen atoms in total. The maximum Gasteiger partial charge on any atom is 0.329 e. The van der Waals surface area contributed by atoms with Crippen molar-refractivity contribution < 1.29 is 4.74 Å². The van der Waals surface area contributed by atoms with Crippen molar-refractivity contribution in [2.75, 3.05) is 0 Å². The summed E-state index contributed by atoms with van der Waals surface area (Å²) in [7, 11) is 0. The van der Waals surface area contributed by atoms with Crippen molar-refractivity contribution in [1.29, 1.82) is 10.9 Å². The Labute approximate surface area is 129 Å². The Hall–Kier alpha value is -2.10. The monoisotopic (exact) mass is 309 g/mol. The van der Waals surface area contributed by atoms with E-state index < -0.39 is 17.3 Å². The lowest BCUT2D eigenvalue weighted by atomic mass is 9.89. The van der Waals surface area contributed by atoms with Gasteiger partial charge in [-0.05, 0) is 41.3 Å². The van der Waals surface area contributed by atoms with Crippen LogP contribution in [-0.4, -0.2) is 37.6 Å². The molecule has 0 unspecified atom stereocenters. The first-order chi connectivity index (χ1) is 10.5. The molecule has 22 heavy (non-hydrogen) atoms. The van der Waals surface area contributed by atoms with Gasteiger partial charge in [-0.1, -0.05) is 27.7 Å². The standard InChI is InChI=1S/C12H23N9O/c1-5-11(6-2,9-16-19-21-20-17-9)18-12(7-3,8-4)22-10(13)15-14/h13-14,18H,5-8H2,1-4H3. The number of nitrogens with one attached hydrogen (secondary N) is 3. The molecule has 0 saturated heterocycles. The van der Waals surface area contributed by atoms with Crippen LogP contribution in [0.5, 0.6) is 0 Å². The number of ether oxygens (including phenoxy) is 1. The second-order valence-corrected chi connectivity index (χ2v) is 4.93. The molecule has 0 fully saturated rings. The third-order valence-electron chi connectivity index (χ3n) is 4.00. The highest BCUT2D eigenvalue weighted by Gasteiger charge is 2.42. The minimum absolute atomic E-state index is 0.428. The Morgan fingerprint density at radius 1 is 1.05 bits per heavy atom. The second-order valence-electron chi connectivity index (χ2n) is 4.93. The lowest BCUT2D eigenvalue weighted by Gasteiger charge is -2.41. The normalized spacial score (nSPS) is 12.0. The summed E-state index contributed by atoms with van der Waals surface area (Å²) in [6.07, 6.45) is 2.50. The van der Waals surface area contributed by atoms with E-state index in [4.69, 9.17) is 15.7 Å². The van der Waals surface area contributed by atoms with Crippen molar-refractivity contribution >= 4 is 6.02 Å². The molecule has 1 aromatic heterocycles. The first kappa shape index (κ1) is 18.0. The van der Waals surface area contributed by atoms with Crippen LogP contribution in [0.1, 0.15) is 59.2 Å². The van der Waals surface area contributed by atoms with Gasteiger partial charge < -0.3 is 4.74 Å². The Balaban J connectivity index is 3.20. The zero-order valence-corrected chi connectivity index (χ0v) is 13.4. The molecule has 1 rings (SSSR count). The molecule has 0 bridgehead atoms. The molecule has 3 N–H and O–H groups in total. The van der Waals surface area contributed by atoms with Crippen LogP contribution in [0.3, 0.4) is 0 Å². The predicted molar refractivity (Wildman–Crippen MR) is 78.1 cm³/mol. The molecular weight excluding hydrogens is 286 g/mol. The van der Waals surface area contributed by atoms with E-state index in [-0.39, 0.29) is 0 Å². The van der Waals surface area contributed by atoms with E-state index in [0.717, 1.165) is 0 Å². The Morgan fingerprint density at radius 3 is 2.00 bits per heavy atom. The van der Waals surface area contributed by atoms with Crippen molar-refractivity contribution in [1.82, 2.24) is 31.2 Å². The largest absolute Gasteiger partial charge is 0.441 e. The van der Waals surface area contributed by atoms with Crippen LogP contribution in [0.15, 0.2) is 5.11 Å². The van der Waals surface area contributed by atoms with Gasteiger partial charge in [-0.3, -0.25) is 5.32 Å². The molecule has 1 heterocycles. The molecule has 0 aliphatic rings. The molecule has 0 aliphatic carbocycles. The van der Waals surface area contributed by atoms with E-state index in [1.807, 2.05) is 27.7 Å². The van der Waals surface area contributed by atoms with Gasteiger partial charge >= 0.3 is 6.02 Å². The molecule has 0 spiro atoms. The van der Waals surface area contributed by atoms with Crippen molar-refractivity contribution in [3.8, 4) is 0 Å². The van der Waals surface area contributed by atoms with Gasteiger partial charge in [0, 0.05) is 0 Å². The van der Waals surface area contributed by atoms with Gasteiger partial charge in [0.2, 0.25) is 0 Å².